The zero-order valence-corrected chi connectivity index (χ0v) is 15.1. The highest BCUT2D eigenvalue weighted by atomic mass is 16.5. The number of benzene rings is 1. The van der Waals surface area contributed by atoms with Gasteiger partial charge in [0.05, 0.1) is 25.2 Å². The largest absolute Gasteiger partial charge is 0.464 e. The normalized spacial score (nSPS) is 19.1. The summed E-state index contributed by atoms with van der Waals surface area (Å²) in [6.07, 6.45) is 7.79. The molecule has 1 saturated heterocycles. The Hall–Kier alpha value is -2.66. The van der Waals surface area contributed by atoms with Crippen molar-refractivity contribution in [2.45, 2.75) is 31.7 Å². The van der Waals surface area contributed by atoms with Crippen molar-refractivity contribution in [2.75, 3.05) is 13.2 Å². The lowest BCUT2D eigenvalue weighted by Crippen LogP contribution is -2.49. The van der Waals surface area contributed by atoms with Crippen molar-refractivity contribution >= 4 is 16.9 Å². The number of carbonyl (C=O) groups is 1. The standard InChI is InChI=1S/C22H22N2O3/c25-21(24-17-5-9-22(10-6-17)13-26-14-22)16-3-1-15(2-4-16)20-18-8-12-27-19(18)7-11-23-20/h1-4,7-8,11-12,17H,5-6,9-10,13-14H2,(H,24,25). The van der Waals surface area contributed by atoms with Gasteiger partial charge in [0.15, 0.2) is 0 Å². The van der Waals surface area contributed by atoms with Crippen molar-refractivity contribution in [2.24, 2.45) is 5.41 Å². The van der Waals surface area contributed by atoms with Crippen molar-refractivity contribution in [1.82, 2.24) is 10.3 Å². The number of nitrogens with one attached hydrogen (secondary N) is 1. The van der Waals surface area contributed by atoms with Crippen molar-refractivity contribution < 1.29 is 13.9 Å². The smallest absolute Gasteiger partial charge is 0.251 e. The molecule has 0 unspecified atom stereocenters. The van der Waals surface area contributed by atoms with Gasteiger partial charge in [-0.3, -0.25) is 9.78 Å². The molecule has 1 N–H and O–H groups in total. The Balaban J connectivity index is 1.27. The van der Waals surface area contributed by atoms with E-state index in [9.17, 15) is 4.79 Å². The van der Waals surface area contributed by atoms with Gasteiger partial charge in [-0.25, -0.2) is 0 Å². The second-order valence-electron chi connectivity index (χ2n) is 7.81. The molecule has 1 spiro atoms. The van der Waals surface area contributed by atoms with Crippen LogP contribution in [0.1, 0.15) is 36.0 Å². The quantitative estimate of drug-likeness (QED) is 0.759. The van der Waals surface area contributed by atoms with Crippen molar-refractivity contribution in [3.8, 4) is 11.3 Å². The number of fused-ring (bicyclic) bond motifs is 1. The summed E-state index contributed by atoms with van der Waals surface area (Å²) >= 11 is 0. The van der Waals surface area contributed by atoms with Crippen LogP contribution < -0.4 is 5.32 Å². The minimum Gasteiger partial charge on any atom is -0.464 e. The molecule has 2 fully saturated rings. The molecule has 3 aromatic rings. The molecule has 27 heavy (non-hydrogen) atoms. The molecule has 3 heterocycles. The van der Waals surface area contributed by atoms with Gasteiger partial charge in [-0.15, -0.1) is 0 Å². The number of rotatable bonds is 3. The van der Waals surface area contributed by atoms with Gasteiger partial charge in [-0.1, -0.05) is 12.1 Å². The highest BCUT2D eigenvalue weighted by molar-refractivity contribution is 5.96. The number of hydrogen-bond donors (Lipinski definition) is 1. The Morgan fingerprint density at radius 2 is 1.85 bits per heavy atom. The second-order valence-corrected chi connectivity index (χ2v) is 7.81. The predicted molar refractivity (Wildman–Crippen MR) is 102 cm³/mol. The maximum atomic E-state index is 12.6. The van der Waals surface area contributed by atoms with Crippen LogP contribution in [-0.2, 0) is 4.74 Å². The molecule has 1 aromatic carbocycles. The maximum Gasteiger partial charge on any atom is 0.251 e. The van der Waals surface area contributed by atoms with E-state index in [2.05, 4.69) is 10.3 Å². The Morgan fingerprint density at radius 3 is 2.56 bits per heavy atom. The van der Waals surface area contributed by atoms with E-state index in [1.807, 2.05) is 36.4 Å². The van der Waals surface area contributed by atoms with E-state index >= 15 is 0 Å². The van der Waals surface area contributed by atoms with E-state index in [1.54, 1.807) is 12.5 Å². The van der Waals surface area contributed by atoms with E-state index in [0.29, 0.717) is 11.0 Å². The Morgan fingerprint density at radius 1 is 1.07 bits per heavy atom. The molecule has 2 aromatic heterocycles. The van der Waals surface area contributed by atoms with Crippen molar-refractivity contribution in [3.05, 3.63) is 54.4 Å². The number of hydrogen-bond acceptors (Lipinski definition) is 4. The summed E-state index contributed by atoms with van der Waals surface area (Å²) in [4.78, 5) is 17.1. The molecule has 0 bridgehead atoms. The molecular formula is C22H22N2O3. The monoisotopic (exact) mass is 362 g/mol. The Kier molecular flexibility index (Phi) is 3.97. The number of amides is 1. The first-order valence-electron chi connectivity index (χ1n) is 9.54. The molecule has 5 heteroatoms. The summed E-state index contributed by atoms with van der Waals surface area (Å²) in [7, 11) is 0. The predicted octanol–water partition coefficient (Wildman–Crippen LogP) is 4.18. The van der Waals surface area contributed by atoms with Gasteiger partial charge in [0, 0.05) is 34.2 Å². The molecule has 2 aliphatic rings. The fourth-order valence-corrected chi connectivity index (χ4v) is 4.23. The summed E-state index contributed by atoms with van der Waals surface area (Å²) in [5.41, 5.74) is 3.75. The third kappa shape index (κ3) is 3.02. The van der Waals surface area contributed by atoms with Crippen LogP contribution in [0.4, 0.5) is 0 Å². The van der Waals surface area contributed by atoms with Crippen molar-refractivity contribution in [1.29, 1.82) is 0 Å². The summed E-state index contributed by atoms with van der Waals surface area (Å²) in [5.74, 6) is 0.00170. The van der Waals surface area contributed by atoms with Gasteiger partial charge in [0.2, 0.25) is 0 Å². The van der Waals surface area contributed by atoms with Gasteiger partial charge < -0.3 is 14.5 Å². The van der Waals surface area contributed by atoms with Gasteiger partial charge in [-0.05, 0) is 49.9 Å². The molecule has 0 atom stereocenters. The molecule has 1 aliphatic carbocycles. The molecule has 1 saturated carbocycles. The molecule has 1 aliphatic heterocycles. The summed E-state index contributed by atoms with van der Waals surface area (Å²) in [6.45, 7) is 1.79. The first kappa shape index (κ1) is 16.5. The van der Waals surface area contributed by atoms with Crippen LogP contribution in [-0.4, -0.2) is 30.1 Å². The minimum atomic E-state index is 0.00170. The average molecular weight is 362 g/mol. The third-order valence-electron chi connectivity index (χ3n) is 6.00. The number of carbonyl (C=O) groups excluding carboxylic acids is 1. The van der Waals surface area contributed by atoms with Gasteiger partial charge in [0.1, 0.15) is 5.58 Å². The van der Waals surface area contributed by atoms with Crippen LogP contribution in [0, 0.1) is 5.41 Å². The van der Waals surface area contributed by atoms with E-state index in [0.717, 1.165) is 61.1 Å². The summed E-state index contributed by atoms with van der Waals surface area (Å²) in [6, 6.07) is 11.7. The van der Waals surface area contributed by atoms with E-state index in [4.69, 9.17) is 9.15 Å². The molecule has 138 valence electrons. The van der Waals surface area contributed by atoms with Crippen LogP contribution in [0.3, 0.4) is 0 Å². The van der Waals surface area contributed by atoms with Gasteiger partial charge >= 0.3 is 0 Å². The Bertz CT molecular complexity index is 963. The molecule has 1 amide bonds. The van der Waals surface area contributed by atoms with E-state index in [1.165, 1.54) is 0 Å². The average Bonchev–Trinajstić information content (AvgIpc) is 3.16. The van der Waals surface area contributed by atoms with E-state index < -0.39 is 0 Å². The summed E-state index contributed by atoms with van der Waals surface area (Å²) in [5, 5.41) is 4.17. The number of aromatic nitrogens is 1. The lowest BCUT2D eigenvalue weighted by molar-refractivity contribution is -0.133. The Labute approximate surface area is 157 Å². The zero-order valence-electron chi connectivity index (χ0n) is 15.1. The SMILES string of the molecule is O=C(NC1CCC2(CC1)COC2)c1ccc(-c2nccc3occc23)cc1. The lowest BCUT2D eigenvalue weighted by atomic mass is 9.71. The van der Waals surface area contributed by atoms with Gasteiger partial charge in [-0.2, -0.15) is 0 Å². The summed E-state index contributed by atoms with van der Waals surface area (Å²) < 4.78 is 10.8. The highest BCUT2D eigenvalue weighted by Gasteiger charge is 2.41. The maximum absolute atomic E-state index is 12.6. The molecule has 0 radical (unpaired) electrons. The topological polar surface area (TPSA) is 64.4 Å². The van der Waals surface area contributed by atoms with Crippen LogP contribution in [0.25, 0.3) is 22.2 Å². The zero-order chi connectivity index (χ0) is 18.3. The van der Waals surface area contributed by atoms with Gasteiger partial charge in [0.25, 0.3) is 5.91 Å². The van der Waals surface area contributed by atoms with Crippen LogP contribution in [0.15, 0.2) is 53.3 Å². The molecular weight excluding hydrogens is 340 g/mol. The first-order chi connectivity index (χ1) is 13.2. The number of ether oxygens (including phenoxy) is 1. The number of furan rings is 1. The lowest BCUT2D eigenvalue weighted by Gasteiger charge is -2.46. The third-order valence-corrected chi connectivity index (χ3v) is 6.00. The number of nitrogens with zero attached hydrogens (tertiary/aromatic N) is 1. The fraction of sp³-hybridized carbons (Fsp3) is 0.364. The second kappa shape index (κ2) is 6.50. The fourth-order valence-electron chi connectivity index (χ4n) is 4.23. The minimum absolute atomic E-state index is 0.00170. The highest BCUT2D eigenvalue weighted by Crippen LogP contribution is 2.42. The van der Waals surface area contributed by atoms with Crippen LogP contribution in [0.2, 0.25) is 0 Å². The van der Waals surface area contributed by atoms with Crippen LogP contribution >= 0.6 is 0 Å². The van der Waals surface area contributed by atoms with Crippen molar-refractivity contribution in [3.63, 3.8) is 0 Å². The molecule has 5 rings (SSSR count). The number of pyridine rings is 1. The van der Waals surface area contributed by atoms with Crippen LogP contribution in [0.5, 0.6) is 0 Å². The molecule has 5 nitrogen and oxygen atoms in total. The first-order valence-corrected chi connectivity index (χ1v) is 9.54. The van der Waals surface area contributed by atoms with E-state index in [-0.39, 0.29) is 11.9 Å².